The zero-order chi connectivity index (χ0) is 22.6. The number of carbonyl (C=O) groups is 3. The maximum atomic E-state index is 14.2. The molecule has 2 N–H and O–H groups in total. The van der Waals surface area contributed by atoms with E-state index in [4.69, 9.17) is 4.74 Å². The van der Waals surface area contributed by atoms with Crippen LogP contribution in [0, 0.1) is 5.82 Å². The summed E-state index contributed by atoms with van der Waals surface area (Å²) in [6.07, 6.45) is 1.08. The lowest BCUT2D eigenvalue weighted by atomic mass is 9.71. The molecular formula is C22H25BFN3O4. The summed E-state index contributed by atoms with van der Waals surface area (Å²) < 4.78 is 20.1. The SMILES string of the molecule is BC(CCC=O)(C(=O)NC)N1Cc2c(OCc3cc(NC)ccc3F)cccc2C1=O. The fraction of sp³-hybridized carbons (Fsp3) is 0.318. The normalized spacial score (nSPS) is 14.5. The lowest BCUT2D eigenvalue weighted by molar-refractivity contribution is -0.127. The van der Waals surface area contributed by atoms with Crippen molar-refractivity contribution >= 4 is 31.6 Å². The van der Waals surface area contributed by atoms with E-state index in [2.05, 4.69) is 10.6 Å². The van der Waals surface area contributed by atoms with Gasteiger partial charge < -0.3 is 25.1 Å². The van der Waals surface area contributed by atoms with E-state index in [0.29, 0.717) is 22.4 Å². The average Bonchev–Trinajstić information content (AvgIpc) is 3.14. The van der Waals surface area contributed by atoms with Crippen molar-refractivity contribution in [2.75, 3.05) is 19.4 Å². The van der Waals surface area contributed by atoms with Crippen molar-refractivity contribution in [2.45, 2.75) is 31.4 Å². The molecule has 2 aromatic carbocycles. The molecule has 0 saturated heterocycles. The summed E-state index contributed by atoms with van der Waals surface area (Å²) >= 11 is 0. The van der Waals surface area contributed by atoms with Gasteiger partial charge in [-0.05, 0) is 36.8 Å². The Bertz CT molecular complexity index is 1020. The molecule has 162 valence electrons. The summed E-state index contributed by atoms with van der Waals surface area (Å²) in [5.74, 6) is -0.577. The van der Waals surface area contributed by atoms with Crippen molar-refractivity contribution in [1.29, 1.82) is 0 Å². The highest BCUT2D eigenvalue weighted by Crippen LogP contribution is 2.36. The monoisotopic (exact) mass is 425 g/mol. The van der Waals surface area contributed by atoms with Crippen LogP contribution in [-0.2, 0) is 22.7 Å². The van der Waals surface area contributed by atoms with Crippen molar-refractivity contribution in [1.82, 2.24) is 10.2 Å². The topological polar surface area (TPSA) is 87.7 Å². The number of nitrogens with one attached hydrogen (secondary N) is 2. The lowest BCUT2D eigenvalue weighted by Gasteiger charge is -2.37. The minimum absolute atomic E-state index is 0.0101. The smallest absolute Gasteiger partial charge is 0.254 e. The van der Waals surface area contributed by atoms with Crippen LogP contribution in [0.25, 0.3) is 0 Å². The molecule has 0 fully saturated rings. The number of carbonyl (C=O) groups excluding carboxylic acids is 3. The number of fused-ring (bicyclic) bond motifs is 1. The van der Waals surface area contributed by atoms with Crippen molar-refractivity contribution in [3.8, 4) is 5.75 Å². The highest BCUT2D eigenvalue weighted by Gasteiger charge is 2.45. The van der Waals surface area contributed by atoms with Crippen LogP contribution in [0.15, 0.2) is 36.4 Å². The molecule has 2 aromatic rings. The van der Waals surface area contributed by atoms with Gasteiger partial charge in [-0.2, -0.15) is 0 Å². The molecule has 1 atom stereocenters. The van der Waals surface area contributed by atoms with E-state index >= 15 is 0 Å². The molecule has 1 unspecified atom stereocenters. The second-order valence-corrected chi connectivity index (χ2v) is 7.58. The predicted octanol–water partition coefficient (Wildman–Crippen LogP) is 1.46. The summed E-state index contributed by atoms with van der Waals surface area (Å²) in [5.41, 5.74) is 1.03. The first-order chi connectivity index (χ1) is 14.8. The Hall–Kier alpha value is -3.36. The molecule has 1 aliphatic rings. The summed E-state index contributed by atoms with van der Waals surface area (Å²) in [6.45, 7) is 0.149. The Morgan fingerprint density at radius 3 is 2.77 bits per heavy atom. The maximum absolute atomic E-state index is 14.2. The lowest BCUT2D eigenvalue weighted by Crippen LogP contribution is -2.59. The van der Waals surface area contributed by atoms with E-state index in [-0.39, 0.29) is 43.6 Å². The molecule has 0 radical (unpaired) electrons. The minimum Gasteiger partial charge on any atom is -0.488 e. The number of nitrogens with zero attached hydrogens (tertiary/aromatic N) is 1. The van der Waals surface area contributed by atoms with Gasteiger partial charge in [0.15, 0.2) is 0 Å². The molecular weight excluding hydrogens is 400 g/mol. The van der Waals surface area contributed by atoms with Gasteiger partial charge in [0, 0.05) is 42.9 Å². The van der Waals surface area contributed by atoms with Gasteiger partial charge in [0.1, 0.15) is 32.3 Å². The fourth-order valence-electron chi connectivity index (χ4n) is 3.81. The maximum Gasteiger partial charge on any atom is 0.254 e. The number of halogens is 1. The molecule has 0 bridgehead atoms. The zero-order valence-corrected chi connectivity index (χ0v) is 17.8. The fourth-order valence-corrected chi connectivity index (χ4v) is 3.81. The van der Waals surface area contributed by atoms with Crippen molar-refractivity contribution in [3.05, 3.63) is 58.9 Å². The summed E-state index contributed by atoms with van der Waals surface area (Å²) in [7, 11) is 4.89. The number of anilines is 1. The number of rotatable bonds is 9. The van der Waals surface area contributed by atoms with Crippen LogP contribution < -0.4 is 15.4 Å². The van der Waals surface area contributed by atoms with Crippen molar-refractivity contribution in [3.63, 3.8) is 0 Å². The van der Waals surface area contributed by atoms with Gasteiger partial charge in [-0.15, -0.1) is 0 Å². The first-order valence-electron chi connectivity index (χ1n) is 10.0. The average molecular weight is 425 g/mol. The van der Waals surface area contributed by atoms with Gasteiger partial charge in [-0.3, -0.25) is 9.59 Å². The number of hydrogen-bond acceptors (Lipinski definition) is 5. The molecule has 1 aliphatic heterocycles. The van der Waals surface area contributed by atoms with Crippen LogP contribution in [-0.4, -0.2) is 50.4 Å². The molecule has 2 amide bonds. The molecule has 0 aromatic heterocycles. The van der Waals surface area contributed by atoms with Crippen molar-refractivity contribution < 1.29 is 23.5 Å². The number of ether oxygens (including phenoxy) is 1. The van der Waals surface area contributed by atoms with E-state index in [1.807, 2.05) is 0 Å². The Morgan fingerprint density at radius 2 is 2.10 bits per heavy atom. The first-order valence-corrected chi connectivity index (χ1v) is 10.0. The Morgan fingerprint density at radius 1 is 1.32 bits per heavy atom. The van der Waals surface area contributed by atoms with Crippen LogP contribution in [0.4, 0.5) is 10.1 Å². The highest BCUT2D eigenvalue weighted by atomic mass is 19.1. The first kappa shape index (κ1) is 22.3. The molecule has 0 aliphatic carbocycles. The molecule has 9 heteroatoms. The van der Waals surface area contributed by atoms with Gasteiger partial charge in [0.25, 0.3) is 5.91 Å². The van der Waals surface area contributed by atoms with Crippen LogP contribution in [0.1, 0.15) is 34.3 Å². The van der Waals surface area contributed by atoms with Gasteiger partial charge in [0.2, 0.25) is 5.91 Å². The summed E-state index contributed by atoms with van der Waals surface area (Å²) in [5, 5.41) is 5.55. The largest absolute Gasteiger partial charge is 0.488 e. The van der Waals surface area contributed by atoms with Gasteiger partial charge in [-0.1, -0.05) is 6.07 Å². The predicted molar refractivity (Wildman–Crippen MR) is 117 cm³/mol. The highest BCUT2D eigenvalue weighted by molar-refractivity contribution is 6.30. The molecule has 0 saturated carbocycles. The van der Waals surface area contributed by atoms with E-state index in [9.17, 15) is 18.8 Å². The van der Waals surface area contributed by atoms with E-state index in [1.54, 1.807) is 45.2 Å². The quantitative estimate of drug-likeness (QED) is 0.469. The number of hydrogen-bond donors (Lipinski definition) is 2. The van der Waals surface area contributed by atoms with Gasteiger partial charge in [0.05, 0.1) is 12.0 Å². The molecule has 7 nitrogen and oxygen atoms in total. The second kappa shape index (κ2) is 9.20. The number of aldehydes is 1. The molecule has 0 spiro atoms. The molecule has 3 rings (SSSR count). The van der Waals surface area contributed by atoms with Crippen LogP contribution in [0.2, 0.25) is 0 Å². The van der Waals surface area contributed by atoms with Gasteiger partial charge in [-0.25, -0.2) is 4.39 Å². The summed E-state index contributed by atoms with van der Waals surface area (Å²) in [4.78, 5) is 38.1. The van der Waals surface area contributed by atoms with Crippen LogP contribution >= 0.6 is 0 Å². The van der Waals surface area contributed by atoms with Crippen molar-refractivity contribution in [2.24, 2.45) is 0 Å². The zero-order valence-electron chi connectivity index (χ0n) is 17.8. The molecule has 1 heterocycles. The van der Waals surface area contributed by atoms with Crippen LogP contribution in [0.3, 0.4) is 0 Å². The Labute approximate surface area is 181 Å². The Kier molecular flexibility index (Phi) is 6.63. The number of amides is 2. The third kappa shape index (κ3) is 4.26. The van der Waals surface area contributed by atoms with Gasteiger partial charge >= 0.3 is 0 Å². The van der Waals surface area contributed by atoms with E-state index in [0.717, 1.165) is 12.0 Å². The number of likely N-dealkylation sites (N-methyl/N-ethyl adjacent to an activating group) is 1. The summed E-state index contributed by atoms with van der Waals surface area (Å²) in [6, 6.07) is 9.76. The molecule has 31 heavy (non-hydrogen) atoms. The second-order valence-electron chi connectivity index (χ2n) is 7.58. The van der Waals surface area contributed by atoms with E-state index in [1.165, 1.54) is 18.0 Å². The Balaban J connectivity index is 1.87. The third-order valence-electron chi connectivity index (χ3n) is 5.70. The van der Waals surface area contributed by atoms with E-state index < -0.39 is 5.44 Å². The minimum atomic E-state index is -1.18. The standard InChI is InChI=1S/C22H25BFN3O4/c1-25-15-7-8-18(24)14(11-15)13-31-19-6-3-5-16-17(19)12-27(20(16)29)22(23,9-4-10-28)21(30)26-2/h3,5-8,10-11,25H,4,9,12-13,23H2,1-2H3,(H,26,30). The third-order valence-corrected chi connectivity index (χ3v) is 5.70. The van der Waals surface area contributed by atoms with Crippen LogP contribution in [0.5, 0.6) is 5.75 Å². The number of benzene rings is 2.